The summed E-state index contributed by atoms with van der Waals surface area (Å²) in [5.41, 5.74) is 0.806. The molecule has 0 saturated carbocycles. The van der Waals surface area contributed by atoms with Crippen LogP contribution in [0, 0.1) is 5.82 Å². The lowest BCUT2D eigenvalue weighted by Crippen LogP contribution is -2.48. The van der Waals surface area contributed by atoms with Crippen LogP contribution in [-0.4, -0.2) is 40.6 Å². The van der Waals surface area contributed by atoms with E-state index in [0.29, 0.717) is 37.6 Å². The molecule has 2 heterocycles. The lowest BCUT2D eigenvalue weighted by molar-refractivity contribution is -0.134. The molecule has 1 saturated heterocycles. The third-order valence-corrected chi connectivity index (χ3v) is 4.35. The summed E-state index contributed by atoms with van der Waals surface area (Å²) in [6.07, 6.45) is 0.712. The zero-order valence-electron chi connectivity index (χ0n) is 14.5. The number of aryl methyl sites for hydroxylation is 1. The Morgan fingerprint density at radius 2 is 2.32 bits per heavy atom. The van der Waals surface area contributed by atoms with Crippen molar-refractivity contribution in [2.75, 3.05) is 19.6 Å². The molecule has 1 amide bonds. The molecule has 1 N–H and O–H groups in total. The molecule has 7 heteroatoms. The van der Waals surface area contributed by atoms with Crippen molar-refractivity contribution >= 4 is 5.91 Å². The van der Waals surface area contributed by atoms with Gasteiger partial charge >= 0.3 is 0 Å². The number of carbonyl (C=O) groups excluding carboxylic acids is 1. The van der Waals surface area contributed by atoms with Gasteiger partial charge in [0, 0.05) is 38.4 Å². The first-order chi connectivity index (χ1) is 12.0. The molecule has 1 atom stereocenters. The number of amides is 1. The normalized spacial score (nSPS) is 17.9. The highest BCUT2D eigenvalue weighted by molar-refractivity contribution is 5.77. The van der Waals surface area contributed by atoms with Crippen molar-refractivity contribution in [1.29, 1.82) is 0 Å². The van der Waals surface area contributed by atoms with E-state index in [0.717, 1.165) is 12.1 Å². The van der Waals surface area contributed by atoms with Crippen molar-refractivity contribution in [2.24, 2.45) is 0 Å². The summed E-state index contributed by atoms with van der Waals surface area (Å²) in [4.78, 5) is 18.8. The third-order valence-electron chi connectivity index (χ3n) is 4.35. The number of hydrogen-bond acceptors (Lipinski definition) is 5. The molecular weight excluding hydrogens is 323 g/mol. The van der Waals surface area contributed by atoms with Crippen LogP contribution in [-0.2, 0) is 11.2 Å². The van der Waals surface area contributed by atoms with E-state index in [1.165, 1.54) is 12.1 Å². The Bertz CT molecular complexity index is 731. The Morgan fingerprint density at radius 1 is 1.48 bits per heavy atom. The van der Waals surface area contributed by atoms with E-state index in [1.54, 1.807) is 6.07 Å². The van der Waals surface area contributed by atoms with E-state index in [9.17, 15) is 9.18 Å². The summed E-state index contributed by atoms with van der Waals surface area (Å²) in [6.45, 7) is 5.93. The predicted octanol–water partition coefficient (Wildman–Crippen LogP) is 2.44. The van der Waals surface area contributed by atoms with Crippen LogP contribution in [0.3, 0.4) is 0 Å². The molecule has 0 radical (unpaired) electrons. The van der Waals surface area contributed by atoms with Gasteiger partial charge in [-0.1, -0.05) is 31.1 Å². The van der Waals surface area contributed by atoms with Crippen molar-refractivity contribution in [2.45, 2.75) is 38.6 Å². The van der Waals surface area contributed by atoms with Crippen LogP contribution in [0.1, 0.15) is 49.5 Å². The second kappa shape index (κ2) is 7.74. The molecule has 1 aliphatic rings. The van der Waals surface area contributed by atoms with Crippen LogP contribution in [0.25, 0.3) is 0 Å². The van der Waals surface area contributed by atoms with E-state index >= 15 is 0 Å². The Morgan fingerprint density at radius 3 is 3.04 bits per heavy atom. The lowest BCUT2D eigenvalue weighted by Gasteiger charge is -2.36. The maximum Gasteiger partial charge on any atom is 0.227 e. The molecular formula is C18H23FN4O2. The first-order valence-electron chi connectivity index (χ1n) is 8.62. The molecule has 3 rings (SSSR count). The van der Waals surface area contributed by atoms with Crippen LogP contribution in [0.15, 0.2) is 28.8 Å². The van der Waals surface area contributed by atoms with E-state index < -0.39 is 0 Å². The lowest BCUT2D eigenvalue weighted by atomic mass is 10.0. The average Bonchev–Trinajstić information content (AvgIpc) is 3.09. The molecule has 0 spiro atoms. The molecule has 6 nitrogen and oxygen atoms in total. The minimum atomic E-state index is -0.289. The summed E-state index contributed by atoms with van der Waals surface area (Å²) < 4.78 is 18.7. The summed E-state index contributed by atoms with van der Waals surface area (Å²) in [6, 6.07) is 6.27. The van der Waals surface area contributed by atoms with Crippen LogP contribution >= 0.6 is 0 Å². The summed E-state index contributed by atoms with van der Waals surface area (Å²) >= 11 is 0. The molecule has 0 aliphatic carbocycles. The van der Waals surface area contributed by atoms with Gasteiger partial charge < -0.3 is 14.7 Å². The predicted molar refractivity (Wildman–Crippen MR) is 90.4 cm³/mol. The second-order valence-electron chi connectivity index (χ2n) is 6.56. The summed E-state index contributed by atoms with van der Waals surface area (Å²) in [5.74, 6) is 1.05. The first-order valence-corrected chi connectivity index (χ1v) is 8.62. The van der Waals surface area contributed by atoms with Gasteiger partial charge in [-0.25, -0.2) is 4.39 Å². The smallest absolute Gasteiger partial charge is 0.227 e. The Kier molecular flexibility index (Phi) is 5.43. The van der Waals surface area contributed by atoms with Gasteiger partial charge in [-0.3, -0.25) is 4.79 Å². The van der Waals surface area contributed by atoms with Gasteiger partial charge in [0.25, 0.3) is 0 Å². The van der Waals surface area contributed by atoms with Crippen molar-refractivity contribution < 1.29 is 13.7 Å². The number of carbonyl (C=O) groups is 1. The number of rotatable bonds is 5. The summed E-state index contributed by atoms with van der Waals surface area (Å²) in [5, 5.41) is 7.19. The molecule has 134 valence electrons. The van der Waals surface area contributed by atoms with Crippen LogP contribution in [0.5, 0.6) is 0 Å². The summed E-state index contributed by atoms with van der Waals surface area (Å²) in [7, 11) is 0. The van der Waals surface area contributed by atoms with E-state index in [4.69, 9.17) is 4.52 Å². The number of halogens is 1. The maximum absolute atomic E-state index is 13.5. The molecule has 1 aliphatic heterocycles. The van der Waals surface area contributed by atoms with E-state index in [1.807, 2.05) is 24.8 Å². The number of aromatic nitrogens is 2. The van der Waals surface area contributed by atoms with Gasteiger partial charge in [0.15, 0.2) is 5.82 Å². The highest BCUT2D eigenvalue weighted by Crippen LogP contribution is 2.24. The molecule has 1 aromatic heterocycles. The number of nitrogens with zero attached hydrogens (tertiary/aromatic N) is 3. The SMILES string of the molecule is CC(C)c1noc(CCC(=O)N2CCNCC2c2cccc(F)c2)n1. The molecule has 1 aromatic carbocycles. The molecule has 25 heavy (non-hydrogen) atoms. The zero-order chi connectivity index (χ0) is 17.8. The number of benzene rings is 1. The van der Waals surface area contributed by atoms with Gasteiger partial charge in [0.2, 0.25) is 11.8 Å². The van der Waals surface area contributed by atoms with Crippen molar-refractivity contribution in [3.63, 3.8) is 0 Å². The fourth-order valence-electron chi connectivity index (χ4n) is 2.98. The third kappa shape index (κ3) is 4.22. The highest BCUT2D eigenvalue weighted by atomic mass is 19.1. The Labute approximate surface area is 146 Å². The molecule has 1 fully saturated rings. The largest absolute Gasteiger partial charge is 0.339 e. The maximum atomic E-state index is 13.5. The minimum Gasteiger partial charge on any atom is -0.339 e. The number of piperazine rings is 1. The Hall–Kier alpha value is -2.28. The fourth-order valence-corrected chi connectivity index (χ4v) is 2.98. The fraction of sp³-hybridized carbons (Fsp3) is 0.500. The van der Waals surface area contributed by atoms with Gasteiger partial charge in [-0.2, -0.15) is 4.98 Å². The number of hydrogen-bond donors (Lipinski definition) is 1. The second-order valence-corrected chi connectivity index (χ2v) is 6.56. The van der Waals surface area contributed by atoms with E-state index in [2.05, 4.69) is 15.5 Å². The quantitative estimate of drug-likeness (QED) is 0.900. The van der Waals surface area contributed by atoms with Gasteiger partial charge in [0.1, 0.15) is 5.82 Å². The number of nitrogens with one attached hydrogen (secondary N) is 1. The van der Waals surface area contributed by atoms with Crippen molar-refractivity contribution in [1.82, 2.24) is 20.4 Å². The van der Waals surface area contributed by atoms with E-state index in [-0.39, 0.29) is 23.7 Å². The first kappa shape index (κ1) is 17.5. The van der Waals surface area contributed by atoms with Crippen LogP contribution in [0.2, 0.25) is 0 Å². The topological polar surface area (TPSA) is 71.3 Å². The van der Waals surface area contributed by atoms with Gasteiger partial charge in [0.05, 0.1) is 6.04 Å². The highest BCUT2D eigenvalue weighted by Gasteiger charge is 2.28. The zero-order valence-corrected chi connectivity index (χ0v) is 14.5. The van der Waals surface area contributed by atoms with Crippen LogP contribution < -0.4 is 5.32 Å². The van der Waals surface area contributed by atoms with Gasteiger partial charge in [-0.05, 0) is 17.7 Å². The van der Waals surface area contributed by atoms with Crippen molar-refractivity contribution in [3.8, 4) is 0 Å². The molecule has 1 unspecified atom stereocenters. The molecule has 2 aromatic rings. The Balaban J connectivity index is 1.66. The standard InChI is InChI=1S/C18H23FN4O2/c1-12(2)18-21-16(25-22-18)6-7-17(24)23-9-8-20-11-15(23)13-4-3-5-14(19)10-13/h3-5,10,12,15,20H,6-9,11H2,1-2H3. The average molecular weight is 346 g/mol. The minimum absolute atomic E-state index is 0.0139. The monoisotopic (exact) mass is 346 g/mol. The molecule has 0 bridgehead atoms. The van der Waals surface area contributed by atoms with Crippen LogP contribution in [0.4, 0.5) is 4.39 Å². The van der Waals surface area contributed by atoms with Gasteiger partial charge in [-0.15, -0.1) is 0 Å². The van der Waals surface area contributed by atoms with Crippen molar-refractivity contribution in [3.05, 3.63) is 47.4 Å².